The molecule has 1 rings (SSSR count). The highest BCUT2D eigenvalue weighted by Gasteiger charge is 2.33. The number of ether oxygens (including phenoxy) is 2. The molecular formula is C20H31NO7S. The number of esters is 2. The van der Waals surface area contributed by atoms with Crippen molar-refractivity contribution in [3.63, 3.8) is 0 Å². The van der Waals surface area contributed by atoms with Crippen molar-refractivity contribution in [2.45, 2.75) is 71.1 Å². The molecule has 29 heavy (non-hydrogen) atoms. The van der Waals surface area contributed by atoms with Crippen LogP contribution >= 0.6 is 0 Å². The quantitative estimate of drug-likeness (QED) is 0.518. The Labute approximate surface area is 172 Å². The molecule has 0 saturated carbocycles. The smallest absolute Gasteiger partial charge is 0.324 e. The maximum Gasteiger partial charge on any atom is 0.324 e. The lowest BCUT2D eigenvalue weighted by Gasteiger charge is -2.28. The predicted octanol–water partition coefficient (Wildman–Crippen LogP) is 2.51. The van der Waals surface area contributed by atoms with E-state index >= 15 is 0 Å². The number of benzene rings is 1. The van der Waals surface area contributed by atoms with Crippen LogP contribution in [0.4, 0.5) is 0 Å². The minimum Gasteiger partial charge on any atom is -0.460 e. The number of hydrogen-bond donors (Lipinski definition) is 1. The van der Waals surface area contributed by atoms with E-state index in [0.29, 0.717) is 5.56 Å². The van der Waals surface area contributed by atoms with Gasteiger partial charge in [-0.05, 0) is 59.2 Å². The van der Waals surface area contributed by atoms with Crippen LogP contribution in [0.15, 0.2) is 24.3 Å². The Balaban J connectivity index is 3.24. The van der Waals surface area contributed by atoms with Gasteiger partial charge in [0.1, 0.15) is 23.0 Å². The van der Waals surface area contributed by atoms with Crippen LogP contribution in [0.25, 0.3) is 0 Å². The first-order chi connectivity index (χ1) is 13.0. The second kappa shape index (κ2) is 9.13. The van der Waals surface area contributed by atoms with Crippen molar-refractivity contribution in [1.29, 1.82) is 0 Å². The molecule has 0 amide bonds. The van der Waals surface area contributed by atoms with E-state index in [1.54, 1.807) is 53.7 Å². The Morgan fingerprint density at radius 3 is 2.07 bits per heavy atom. The van der Waals surface area contributed by atoms with Crippen molar-refractivity contribution in [3.8, 4) is 5.75 Å². The van der Waals surface area contributed by atoms with Gasteiger partial charge in [-0.1, -0.05) is 12.1 Å². The number of rotatable bonds is 7. The standard InChI is InChI=1S/C20H31NO7S/c1-19(2,3)26-16(22)12-15(17(21)18(23)27-20(4,5)6)13-9-8-10-14(11-13)28-29(7,24)25/h8-11,15,17H,12,21H2,1-7H3. The molecule has 0 saturated heterocycles. The third-order valence-corrected chi connectivity index (χ3v) is 3.95. The van der Waals surface area contributed by atoms with Crippen molar-refractivity contribution in [3.05, 3.63) is 29.8 Å². The van der Waals surface area contributed by atoms with Gasteiger partial charge in [-0.25, -0.2) is 0 Å². The highest BCUT2D eigenvalue weighted by Crippen LogP contribution is 2.29. The van der Waals surface area contributed by atoms with E-state index in [0.717, 1.165) is 6.26 Å². The highest BCUT2D eigenvalue weighted by atomic mass is 32.2. The van der Waals surface area contributed by atoms with E-state index in [-0.39, 0.29) is 12.2 Å². The van der Waals surface area contributed by atoms with E-state index < -0.39 is 45.2 Å². The summed E-state index contributed by atoms with van der Waals surface area (Å²) in [4.78, 5) is 24.9. The molecule has 1 aromatic rings. The molecule has 164 valence electrons. The minimum absolute atomic E-state index is 0.0515. The van der Waals surface area contributed by atoms with Crippen molar-refractivity contribution >= 4 is 22.1 Å². The number of carbonyl (C=O) groups excluding carboxylic acids is 2. The molecule has 0 heterocycles. The molecule has 0 spiro atoms. The maximum atomic E-state index is 12.5. The summed E-state index contributed by atoms with van der Waals surface area (Å²) in [5.74, 6) is -1.98. The monoisotopic (exact) mass is 429 g/mol. The van der Waals surface area contributed by atoms with E-state index in [1.807, 2.05) is 0 Å². The van der Waals surface area contributed by atoms with E-state index in [4.69, 9.17) is 19.4 Å². The van der Waals surface area contributed by atoms with Crippen molar-refractivity contribution in [2.75, 3.05) is 6.26 Å². The first kappa shape index (κ1) is 24.9. The molecule has 9 heteroatoms. The van der Waals surface area contributed by atoms with Gasteiger partial charge in [0.2, 0.25) is 0 Å². The Kier molecular flexibility index (Phi) is 7.84. The second-order valence-electron chi connectivity index (χ2n) is 8.82. The summed E-state index contributed by atoms with van der Waals surface area (Å²) in [7, 11) is -3.74. The van der Waals surface area contributed by atoms with Crippen molar-refractivity contribution in [2.24, 2.45) is 5.73 Å². The second-order valence-corrected chi connectivity index (χ2v) is 10.4. The van der Waals surface area contributed by atoms with Gasteiger partial charge < -0.3 is 19.4 Å². The van der Waals surface area contributed by atoms with Crippen LogP contribution in [0.1, 0.15) is 59.4 Å². The number of nitrogens with two attached hydrogens (primary N) is 1. The SMILES string of the molecule is CC(C)(C)OC(=O)CC(c1cccc(OS(C)(=O)=O)c1)C(N)C(=O)OC(C)(C)C. The lowest BCUT2D eigenvalue weighted by molar-refractivity contribution is -0.158. The number of hydrogen-bond acceptors (Lipinski definition) is 8. The van der Waals surface area contributed by atoms with Crippen LogP contribution in [0.2, 0.25) is 0 Å². The molecule has 1 aromatic carbocycles. The van der Waals surface area contributed by atoms with Gasteiger partial charge in [0.15, 0.2) is 0 Å². The molecule has 2 unspecified atom stereocenters. The van der Waals surface area contributed by atoms with Crippen LogP contribution in [-0.2, 0) is 29.2 Å². The van der Waals surface area contributed by atoms with E-state index in [1.165, 1.54) is 12.1 Å². The van der Waals surface area contributed by atoms with Crippen LogP contribution in [-0.4, -0.2) is 43.9 Å². The minimum atomic E-state index is -3.74. The normalized spacial score (nSPS) is 14.6. The van der Waals surface area contributed by atoms with Crippen molar-refractivity contribution < 1.29 is 31.7 Å². The largest absolute Gasteiger partial charge is 0.460 e. The van der Waals surface area contributed by atoms with E-state index in [2.05, 4.69) is 0 Å². The van der Waals surface area contributed by atoms with Gasteiger partial charge in [0.25, 0.3) is 0 Å². The van der Waals surface area contributed by atoms with E-state index in [9.17, 15) is 18.0 Å². The fourth-order valence-electron chi connectivity index (χ4n) is 2.52. The van der Waals surface area contributed by atoms with Crippen LogP contribution < -0.4 is 9.92 Å². The lowest BCUT2D eigenvalue weighted by Crippen LogP contribution is -2.42. The third kappa shape index (κ3) is 9.76. The molecule has 0 aliphatic carbocycles. The third-order valence-electron chi connectivity index (χ3n) is 3.45. The summed E-state index contributed by atoms with van der Waals surface area (Å²) in [6, 6.07) is 4.90. The van der Waals surface area contributed by atoms with Gasteiger partial charge in [0, 0.05) is 5.92 Å². The highest BCUT2D eigenvalue weighted by molar-refractivity contribution is 7.86. The van der Waals surface area contributed by atoms with Crippen LogP contribution in [0.3, 0.4) is 0 Å². The molecule has 0 aliphatic heterocycles. The average Bonchev–Trinajstić information content (AvgIpc) is 2.47. The summed E-state index contributed by atoms with van der Waals surface area (Å²) in [5.41, 5.74) is 5.14. The topological polar surface area (TPSA) is 122 Å². The Morgan fingerprint density at radius 2 is 1.59 bits per heavy atom. The zero-order chi connectivity index (χ0) is 22.6. The number of carbonyl (C=O) groups is 2. The van der Waals surface area contributed by atoms with Gasteiger partial charge >= 0.3 is 22.1 Å². The summed E-state index contributed by atoms with van der Waals surface area (Å²) in [6.07, 6.45) is 0.726. The summed E-state index contributed by atoms with van der Waals surface area (Å²) in [6.45, 7) is 10.3. The molecule has 0 bridgehead atoms. The molecule has 0 radical (unpaired) electrons. The molecule has 2 atom stereocenters. The molecule has 0 fully saturated rings. The molecule has 2 N–H and O–H groups in total. The van der Waals surface area contributed by atoms with Crippen LogP contribution in [0, 0.1) is 0 Å². The zero-order valence-corrected chi connectivity index (χ0v) is 18.8. The summed E-state index contributed by atoms with van der Waals surface area (Å²) < 4.78 is 38.4. The average molecular weight is 430 g/mol. The Morgan fingerprint density at radius 1 is 1.03 bits per heavy atom. The fraction of sp³-hybridized carbons (Fsp3) is 0.600. The fourth-order valence-corrected chi connectivity index (χ4v) is 2.97. The molecule has 0 aromatic heterocycles. The Hall–Kier alpha value is -2.13. The molecule has 0 aliphatic rings. The molecule has 8 nitrogen and oxygen atoms in total. The summed E-state index contributed by atoms with van der Waals surface area (Å²) >= 11 is 0. The zero-order valence-electron chi connectivity index (χ0n) is 18.0. The van der Waals surface area contributed by atoms with Gasteiger partial charge in [-0.15, -0.1) is 0 Å². The van der Waals surface area contributed by atoms with Gasteiger partial charge in [0.05, 0.1) is 12.7 Å². The first-order valence-corrected chi connectivity index (χ1v) is 11.0. The van der Waals surface area contributed by atoms with Gasteiger partial charge in [-0.2, -0.15) is 8.42 Å². The Bertz CT molecular complexity index is 835. The maximum absolute atomic E-state index is 12.5. The first-order valence-electron chi connectivity index (χ1n) is 9.16. The molecular weight excluding hydrogens is 398 g/mol. The van der Waals surface area contributed by atoms with Crippen LogP contribution in [0.5, 0.6) is 5.75 Å². The predicted molar refractivity (Wildman–Crippen MR) is 109 cm³/mol. The lowest BCUT2D eigenvalue weighted by atomic mass is 9.88. The van der Waals surface area contributed by atoms with Gasteiger partial charge in [-0.3, -0.25) is 9.59 Å². The van der Waals surface area contributed by atoms with Crippen molar-refractivity contribution in [1.82, 2.24) is 0 Å². The summed E-state index contributed by atoms with van der Waals surface area (Å²) in [5, 5.41) is 0.